The van der Waals surface area contributed by atoms with Crippen molar-refractivity contribution in [3.05, 3.63) is 52.1 Å². The Hall–Kier alpha value is -3.53. The number of aromatic nitrogens is 2. The zero-order valence-electron chi connectivity index (χ0n) is 21.9. The van der Waals surface area contributed by atoms with Crippen LogP contribution in [0.15, 0.2) is 35.7 Å². The van der Waals surface area contributed by atoms with Crippen LogP contribution < -0.4 is 4.74 Å². The van der Waals surface area contributed by atoms with E-state index in [9.17, 15) is 14.4 Å². The molecule has 5 rings (SSSR count). The topological polar surface area (TPSA) is 102 Å². The molecule has 2 aromatic heterocycles. The molecule has 0 N–H and O–H groups in total. The van der Waals surface area contributed by atoms with Gasteiger partial charge in [0.15, 0.2) is 0 Å². The molecule has 0 aliphatic carbocycles. The van der Waals surface area contributed by atoms with Crippen LogP contribution in [0, 0.1) is 0 Å². The molecule has 0 spiro atoms. The number of benzene rings is 1. The van der Waals surface area contributed by atoms with Crippen molar-refractivity contribution in [1.29, 1.82) is 0 Å². The number of carbonyl (C=O) groups is 3. The molecule has 9 nitrogen and oxygen atoms in total. The highest BCUT2D eigenvalue weighted by molar-refractivity contribution is 7.09. The second-order valence-corrected chi connectivity index (χ2v) is 10.9. The summed E-state index contributed by atoms with van der Waals surface area (Å²) in [5, 5.41) is 3.55. The number of likely N-dealkylation sites (tertiary alicyclic amines) is 2. The highest BCUT2D eigenvalue weighted by Crippen LogP contribution is 2.32. The van der Waals surface area contributed by atoms with E-state index in [0.717, 1.165) is 35.2 Å². The zero-order valence-corrected chi connectivity index (χ0v) is 22.7. The van der Waals surface area contributed by atoms with Crippen LogP contribution in [0.5, 0.6) is 5.75 Å². The molecular formula is C28H32N4O5S. The van der Waals surface area contributed by atoms with Gasteiger partial charge in [0.05, 0.1) is 23.7 Å². The molecule has 10 heteroatoms. The summed E-state index contributed by atoms with van der Waals surface area (Å²) in [6.45, 7) is 5.30. The monoisotopic (exact) mass is 536 g/mol. The number of amides is 2. The number of piperidine rings is 1. The SMILES string of the molecule is COc1cc(C(=O)N2CCC(c3nc(C(=O)N4CCCC4C(=O)OC(C)C)cs3)CC2)nc2ccccc12. The predicted molar refractivity (Wildman–Crippen MR) is 144 cm³/mol. The molecule has 2 aliphatic heterocycles. The number of para-hydroxylation sites is 1. The Labute approximate surface area is 225 Å². The third-order valence-electron chi connectivity index (χ3n) is 7.13. The maximum Gasteiger partial charge on any atom is 0.329 e. The maximum atomic E-state index is 13.3. The first-order chi connectivity index (χ1) is 18.4. The van der Waals surface area contributed by atoms with Gasteiger partial charge in [-0.15, -0.1) is 11.3 Å². The largest absolute Gasteiger partial charge is 0.496 e. The van der Waals surface area contributed by atoms with Gasteiger partial charge in [-0.05, 0) is 51.7 Å². The Morgan fingerprint density at radius 3 is 2.50 bits per heavy atom. The molecule has 2 saturated heterocycles. The van der Waals surface area contributed by atoms with Gasteiger partial charge < -0.3 is 19.3 Å². The molecule has 1 atom stereocenters. The molecule has 4 heterocycles. The second-order valence-electron chi connectivity index (χ2n) is 10.0. The first-order valence-corrected chi connectivity index (χ1v) is 13.9. The van der Waals surface area contributed by atoms with Gasteiger partial charge in [0, 0.05) is 42.4 Å². The van der Waals surface area contributed by atoms with E-state index < -0.39 is 6.04 Å². The molecule has 1 aromatic carbocycles. The van der Waals surface area contributed by atoms with Crippen molar-refractivity contribution in [2.24, 2.45) is 0 Å². The van der Waals surface area contributed by atoms with E-state index in [-0.39, 0.29) is 29.8 Å². The van der Waals surface area contributed by atoms with E-state index in [2.05, 4.69) is 9.97 Å². The molecule has 2 fully saturated rings. The van der Waals surface area contributed by atoms with Crippen LogP contribution in [0.3, 0.4) is 0 Å². The summed E-state index contributed by atoms with van der Waals surface area (Å²) in [4.78, 5) is 51.5. The van der Waals surface area contributed by atoms with E-state index >= 15 is 0 Å². The van der Waals surface area contributed by atoms with Crippen molar-refractivity contribution in [3.63, 3.8) is 0 Å². The van der Waals surface area contributed by atoms with Crippen molar-refractivity contribution < 1.29 is 23.9 Å². The molecule has 0 bridgehead atoms. The quantitative estimate of drug-likeness (QED) is 0.434. The lowest BCUT2D eigenvalue weighted by molar-refractivity contribution is -0.152. The second kappa shape index (κ2) is 11.1. The van der Waals surface area contributed by atoms with E-state index in [0.29, 0.717) is 43.2 Å². The van der Waals surface area contributed by atoms with Gasteiger partial charge in [0.25, 0.3) is 11.8 Å². The smallest absolute Gasteiger partial charge is 0.329 e. The Morgan fingerprint density at radius 1 is 1.00 bits per heavy atom. The van der Waals surface area contributed by atoms with Crippen molar-refractivity contribution in [1.82, 2.24) is 19.8 Å². The van der Waals surface area contributed by atoms with E-state index in [1.165, 1.54) is 11.3 Å². The predicted octanol–water partition coefficient (Wildman–Crippen LogP) is 4.28. The minimum Gasteiger partial charge on any atom is -0.496 e. The van der Waals surface area contributed by atoms with Crippen LogP contribution >= 0.6 is 11.3 Å². The fourth-order valence-corrected chi connectivity index (χ4v) is 6.16. The lowest BCUT2D eigenvalue weighted by atomic mass is 9.97. The first-order valence-electron chi connectivity index (χ1n) is 13.1. The Bertz CT molecular complexity index is 1350. The Kier molecular flexibility index (Phi) is 7.60. The van der Waals surface area contributed by atoms with Gasteiger partial charge in [-0.1, -0.05) is 12.1 Å². The third-order valence-corrected chi connectivity index (χ3v) is 8.13. The van der Waals surface area contributed by atoms with Gasteiger partial charge in [0.1, 0.15) is 23.2 Å². The van der Waals surface area contributed by atoms with E-state index in [1.807, 2.05) is 29.2 Å². The molecule has 0 saturated carbocycles. The minimum atomic E-state index is -0.549. The number of rotatable bonds is 6. The number of methoxy groups -OCH3 is 1. The number of ether oxygens (including phenoxy) is 2. The molecule has 38 heavy (non-hydrogen) atoms. The van der Waals surface area contributed by atoms with Crippen molar-refractivity contribution >= 4 is 40.0 Å². The number of pyridine rings is 1. The van der Waals surface area contributed by atoms with E-state index in [1.54, 1.807) is 37.3 Å². The highest BCUT2D eigenvalue weighted by Gasteiger charge is 2.37. The van der Waals surface area contributed by atoms with E-state index in [4.69, 9.17) is 9.47 Å². The van der Waals surface area contributed by atoms with Crippen LogP contribution in [0.4, 0.5) is 0 Å². The number of fused-ring (bicyclic) bond motifs is 1. The standard InChI is InChI=1S/C28H32N4O5S/c1-17(2)37-28(35)23-9-6-12-32(23)27(34)22-16-38-25(30-22)18-10-13-31(14-11-18)26(33)21-15-24(36-3)19-7-4-5-8-20(19)29-21/h4-5,7-8,15-18,23H,6,9-14H2,1-3H3. The summed E-state index contributed by atoms with van der Waals surface area (Å²) in [5.74, 6) is 0.115. The summed E-state index contributed by atoms with van der Waals surface area (Å²) < 4.78 is 10.9. The zero-order chi connectivity index (χ0) is 26.8. The molecule has 3 aromatic rings. The van der Waals surface area contributed by atoms with Crippen LogP contribution in [0.2, 0.25) is 0 Å². The minimum absolute atomic E-state index is 0.115. The fraction of sp³-hybridized carbons (Fsp3) is 0.464. The van der Waals surface area contributed by atoms with Crippen molar-refractivity contribution in [3.8, 4) is 5.75 Å². The van der Waals surface area contributed by atoms with Crippen molar-refractivity contribution in [2.75, 3.05) is 26.7 Å². The number of esters is 1. The molecule has 2 aliphatic rings. The van der Waals surface area contributed by atoms with Gasteiger partial charge in [-0.3, -0.25) is 9.59 Å². The van der Waals surface area contributed by atoms with Crippen LogP contribution in [0.25, 0.3) is 10.9 Å². The maximum absolute atomic E-state index is 13.3. The number of carbonyl (C=O) groups excluding carboxylic acids is 3. The third kappa shape index (κ3) is 5.22. The summed E-state index contributed by atoms with van der Waals surface area (Å²) >= 11 is 1.47. The lowest BCUT2D eigenvalue weighted by Crippen LogP contribution is -2.42. The molecule has 1 unspecified atom stereocenters. The van der Waals surface area contributed by atoms with Crippen molar-refractivity contribution in [2.45, 2.75) is 57.6 Å². The molecular weight excluding hydrogens is 504 g/mol. The average Bonchev–Trinajstić information content (AvgIpc) is 3.62. The summed E-state index contributed by atoms with van der Waals surface area (Å²) in [6.07, 6.45) is 2.67. The van der Waals surface area contributed by atoms with Crippen LogP contribution in [-0.4, -0.2) is 76.4 Å². The first kappa shape index (κ1) is 26.1. The summed E-state index contributed by atoms with van der Waals surface area (Å²) in [6, 6.07) is 8.77. The molecule has 200 valence electrons. The number of thiazole rings is 1. The Morgan fingerprint density at radius 2 is 1.76 bits per heavy atom. The van der Waals surface area contributed by atoms with Gasteiger partial charge in [-0.2, -0.15) is 0 Å². The highest BCUT2D eigenvalue weighted by atomic mass is 32.1. The Balaban J connectivity index is 1.22. The average molecular weight is 537 g/mol. The fourth-order valence-electron chi connectivity index (χ4n) is 5.20. The number of hydrogen-bond donors (Lipinski definition) is 0. The number of hydrogen-bond acceptors (Lipinski definition) is 8. The molecule has 2 amide bonds. The normalized spacial score (nSPS) is 18.3. The summed E-state index contributed by atoms with van der Waals surface area (Å²) in [7, 11) is 1.59. The molecule has 0 radical (unpaired) electrons. The summed E-state index contributed by atoms with van der Waals surface area (Å²) in [5.41, 5.74) is 1.47. The number of nitrogens with zero attached hydrogens (tertiary/aromatic N) is 4. The van der Waals surface area contributed by atoms with Gasteiger partial charge in [-0.25, -0.2) is 14.8 Å². The van der Waals surface area contributed by atoms with Crippen LogP contribution in [0.1, 0.15) is 71.4 Å². The lowest BCUT2D eigenvalue weighted by Gasteiger charge is -2.31. The van der Waals surface area contributed by atoms with Crippen LogP contribution in [-0.2, 0) is 9.53 Å². The van der Waals surface area contributed by atoms with Gasteiger partial charge >= 0.3 is 5.97 Å². The van der Waals surface area contributed by atoms with Gasteiger partial charge in [0.2, 0.25) is 0 Å².